The highest BCUT2D eigenvalue weighted by Gasteiger charge is 2.34. The van der Waals surface area contributed by atoms with E-state index in [9.17, 15) is 14.4 Å². The molecule has 1 aliphatic rings. The number of benzene rings is 1. The summed E-state index contributed by atoms with van der Waals surface area (Å²) in [4.78, 5) is 46.0. The minimum atomic E-state index is -0.917. The maximum Gasteiger partial charge on any atom is 0.261 e. The number of carbonyl (C=O) groups excluding carboxylic acids is 3. The van der Waals surface area contributed by atoms with Gasteiger partial charge in [0.2, 0.25) is 11.8 Å². The molecule has 1 fully saturated rings. The number of amides is 3. The molecule has 1 saturated carbocycles. The lowest BCUT2D eigenvalue weighted by Crippen LogP contribution is -2.49. The maximum absolute atomic E-state index is 13.7. The van der Waals surface area contributed by atoms with Gasteiger partial charge in [-0.15, -0.1) is 11.3 Å². The number of thiophene rings is 1. The van der Waals surface area contributed by atoms with Crippen molar-refractivity contribution >= 4 is 34.7 Å². The maximum atomic E-state index is 13.7. The van der Waals surface area contributed by atoms with E-state index in [0.29, 0.717) is 16.1 Å². The monoisotopic (exact) mass is 490 g/mol. The zero-order valence-corrected chi connectivity index (χ0v) is 20.6. The van der Waals surface area contributed by atoms with Gasteiger partial charge in [-0.05, 0) is 49.4 Å². The van der Waals surface area contributed by atoms with E-state index in [1.54, 1.807) is 36.7 Å². The van der Waals surface area contributed by atoms with Crippen LogP contribution in [0.2, 0.25) is 0 Å². The molecule has 1 aliphatic carbocycles. The molecule has 2 heterocycles. The molecule has 8 heteroatoms. The predicted molar refractivity (Wildman–Crippen MR) is 137 cm³/mol. The fourth-order valence-corrected chi connectivity index (χ4v) is 5.00. The van der Waals surface area contributed by atoms with Gasteiger partial charge in [0.1, 0.15) is 6.04 Å². The van der Waals surface area contributed by atoms with Gasteiger partial charge in [-0.3, -0.25) is 24.3 Å². The van der Waals surface area contributed by atoms with E-state index in [4.69, 9.17) is 0 Å². The third-order valence-corrected chi connectivity index (χ3v) is 7.05. The zero-order valence-electron chi connectivity index (χ0n) is 19.8. The van der Waals surface area contributed by atoms with E-state index in [1.165, 1.54) is 22.7 Å². The fraction of sp³-hybridized carbons (Fsp3) is 0.333. The van der Waals surface area contributed by atoms with Gasteiger partial charge in [0, 0.05) is 29.7 Å². The van der Waals surface area contributed by atoms with Crippen molar-refractivity contribution in [2.45, 2.75) is 51.1 Å². The molecule has 2 N–H and O–H groups in total. The molecule has 182 valence electrons. The SMILES string of the molecule is Cc1ccc(N(C(=O)CNC(=O)c2cccs2)[C@H](C(=O)NC2CCCCC2)c2cccnc2)cc1. The highest BCUT2D eigenvalue weighted by molar-refractivity contribution is 7.12. The first kappa shape index (κ1) is 24.6. The second-order valence-electron chi connectivity index (χ2n) is 8.79. The van der Waals surface area contributed by atoms with Gasteiger partial charge in [-0.2, -0.15) is 0 Å². The van der Waals surface area contributed by atoms with Crippen molar-refractivity contribution in [3.05, 3.63) is 82.3 Å². The van der Waals surface area contributed by atoms with Gasteiger partial charge in [0.15, 0.2) is 0 Å². The third-order valence-electron chi connectivity index (χ3n) is 6.18. The molecule has 0 spiro atoms. The Kier molecular flexibility index (Phi) is 8.26. The van der Waals surface area contributed by atoms with Crippen LogP contribution in [-0.4, -0.2) is 35.3 Å². The largest absolute Gasteiger partial charge is 0.351 e. The molecule has 3 amide bonds. The molecule has 0 radical (unpaired) electrons. The molecular weight excluding hydrogens is 460 g/mol. The van der Waals surface area contributed by atoms with E-state index in [2.05, 4.69) is 15.6 Å². The standard InChI is InChI=1S/C27H30N4O3S/c1-19-11-13-22(14-12-19)31(24(32)18-29-26(33)23-10-6-16-35-23)25(20-7-5-15-28-17-20)27(34)30-21-8-3-2-4-9-21/h5-7,10-17,21,25H,2-4,8-9,18H2,1H3,(H,29,33)(H,30,34)/t25-/m0/s1. The quantitative estimate of drug-likeness (QED) is 0.490. The Morgan fingerprint density at radius 1 is 1.06 bits per heavy atom. The number of carbonyl (C=O) groups is 3. The van der Waals surface area contributed by atoms with Crippen LogP contribution >= 0.6 is 11.3 Å². The highest BCUT2D eigenvalue weighted by Crippen LogP contribution is 2.29. The van der Waals surface area contributed by atoms with E-state index in [0.717, 1.165) is 31.2 Å². The summed E-state index contributed by atoms with van der Waals surface area (Å²) in [6.07, 6.45) is 8.45. The van der Waals surface area contributed by atoms with Crippen molar-refractivity contribution in [2.24, 2.45) is 0 Å². The van der Waals surface area contributed by atoms with E-state index in [1.807, 2.05) is 36.6 Å². The molecule has 3 aromatic rings. The Morgan fingerprint density at radius 2 is 1.83 bits per heavy atom. The number of rotatable bonds is 8. The summed E-state index contributed by atoms with van der Waals surface area (Å²) in [6, 6.07) is 13.7. The lowest BCUT2D eigenvalue weighted by atomic mass is 9.94. The number of hydrogen-bond donors (Lipinski definition) is 2. The van der Waals surface area contributed by atoms with Gasteiger partial charge >= 0.3 is 0 Å². The molecule has 35 heavy (non-hydrogen) atoms. The van der Waals surface area contributed by atoms with E-state index in [-0.39, 0.29) is 30.3 Å². The van der Waals surface area contributed by atoms with Crippen LogP contribution in [0.1, 0.15) is 58.9 Å². The van der Waals surface area contributed by atoms with Gasteiger partial charge < -0.3 is 10.6 Å². The van der Waals surface area contributed by atoms with Gasteiger partial charge in [0.05, 0.1) is 11.4 Å². The molecule has 2 aromatic heterocycles. The van der Waals surface area contributed by atoms with Crippen molar-refractivity contribution in [2.75, 3.05) is 11.4 Å². The van der Waals surface area contributed by atoms with Crippen molar-refractivity contribution in [3.63, 3.8) is 0 Å². The summed E-state index contributed by atoms with van der Waals surface area (Å²) in [5, 5.41) is 7.69. The summed E-state index contributed by atoms with van der Waals surface area (Å²) in [6.45, 7) is 1.73. The topological polar surface area (TPSA) is 91.4 Å². The Balaban J connectivity index is 1.65. The van der Waals surface area contributed by atoms with E-state index < -0.39 is 6.04 Å². The zero-order chi connectivity index (χ0) is 24.6. The predicted octanol–water partition coefficient (Wildman–Crippen LogP) is 4.40. The Bertz CT molecular complexity index is 1130. The Morgan fingerprint density at radius 3 is 2.49 bits per heavy atom. The molecule has 1 atom stereocenters. The Labute approximate surface area is 209 Å². The lowest BCUT2D eigenvalue weighted by molar-refractivity contribution is -0.127. The van der Waals surface area contributed by atoms with Crippen LogP contribution in [0.4, 0.5) is 5.69 Å². The summed E-state index contributed by atoms with van der Waals surface area (Å²) >= 11 is 1.31. The molecule has 0 aliphatic heterocycles. The smallest absolute Gasteiger partial charge is 0.261 e. The van der Waals surface area contributed by atoms with E-state index >= 15 is 0 Å². The van der Waals surface area contributed by atoms with Crippen LogP contribution in [0.25, 0.3) is 0 Å². The highest BCUT2D eigenvalue weighted by atomic mass is 32.1. The number of anilines is 1. The molecule has 1 aromatic carbocycles. The van der Waals surface area contributed by atoms with Crippen molar-refractivity contribution in [3.8, 4) is 0 Å². The van der Waals surface area contributed by atoms with Gasteiger partial charge in [-0.1, -0.05) is 49.1 Å². The molecule has 4 rings (SSSR count). The average Bonchev–Trinajstić information content (AvgIpc) is 3.43. The molecule has 7 nitrogen and oxygen atoms in total. The minimum Gasteiger partial charge on any atom is -0.351 e. The third kappa shape index (κ3) is 6.33. The summed E-state index contributed by atoms with van der Waals surface area (Å²) in [5.41, 5.74) is 2.23. The number of nitrogens with one attached hydrogen (secondary N) is 2. The number of pyridine rings is 1. The van der Waals surface area contributed by atoms with Gasteiger partial charge in [0.25, 0.3) is 5.91 Å². The van der Waals surface area contributed by atoms with Crippen LogP contribution in [0.5, 0.6) is 0 Å². The molecule has 0 saturated heterocycles. The van der Waals surface area contributed by atoms with Crippen molar-refractivity contribution < 1.29 is 14.4 Å². The number of hydrogen-bond acceptors (Lipinski definition) is 5. The Hall–Kier alpha value is -3.52. The average molecular weight is 491 g/mol. The van der Waals surface area contributed by atoms with Crippen LogP contribution in [0.3, 0.4) is 0 Å². The van der Waals surface area contributed by atoms with Gasteiger partial charge in [-0.25, -0.2) is 0 Å². The van der Waals surface area contributed by atoms with Crippen LogP contribution < -0.4 is 15.5 Å². The van der Waals surface area contributed by atoms with Crippen molar-refractivity contribution in [1.82, 2.24) is 15.6 Å². The van der Waals surface area contributed by atoms with Crippen LogP contribution in [0.15, 0.2) is 66.3 Å². The van der Waals surface area contributed by atoms with Crippen molar-refractivity contribution in [1.29, 1.82) is 0 Å². The first-order valence-corrected chi connectivity index (χ1v) is 12.8. The second-order valence-corrected chi connectivity index (χ2v) is 9.74. The first-order valence-electron chi connectivity index (χ1n) is 11.9. The molecular formula is C27H30N4O3S. The number of aromatic nitrogens is 1. The van der Waals surface area contributed by atoms with Crippen LogP contribution in [-0.2, 0) is 9.59 Å². The second kappa shape index (κ2) is 11.8. The van der Waals surface area contributed by atoms with Crippen LogP contribution in [0, 0.1) is 6.92 Å². The molecule has 0 bridgehead atoms. The molecule has 0 unspecified atom stereocenters. The first-order chi connectivity index (χ1) is 17.0. The summed E-state index contributed by atoms with van der Waals surface area (Å²) in [7, 11) is 0. The normalized spacial score (nSPS) is 14.7. The minimum absolute atomic E-state index is 0.0870. The number of aryl methyl sites for hydroxylation is 1. The lowest BCUT2D eigenvalue weighted by Gasteiger charge is -2.33. The summed E-state index contributed by atoms with van der Waals surface area (Å²) in [5.74, 6) is -0.948. The number of nitrogens with zero attached hydrogens (tertiary/aromatic N) is 2. The fourth-order valence-electron chi connectivity index (χ4n) is 4.36. The summed E-state index contributed by atoms with van der Waals surface area (Å²) < 4.78 is 0.